The fourth-order valence-electron chi connectivity index (χ4n) is 1.53. The lowest BCUT2D eigenvalue weighted by Crippen LogP contribution is -2.50. The van der Waals surface area contributed by atoms with Gasteiger partial charge in [-0.1, -0.05) is 0 Å². The van der Waals surface area contributed by atoms with E-state index in [1.54, 1.807) is 0 Å². The van der Waals surface area contributed by atoms with E-state index in [9.17, 15) is 0 Å². The molecule has 3 heteroatoms. The minimum atomic E-state index is 0.0338. The van der Waals surface area contributed by atoms with Crippen LogP contribution in [0.1, 0.15) is 12.8 Å². The first-order valence-electron chi connectivity index (χ1n) is 4.66. The van der Waals surface area contributed by atoms with Crippen LogP contribution in [0.25, 0.3) is 0 Å². The average Bonchev–Trinajstić information content (AvgIpc) is 2.19. The predicted molar refractivity (Wildman–Crippen MR) is 51.9 cm³/mol. The van der Waals surface area contributed by atoms with E-state index in [2.05, 4.69) is 22.2 Å². The number of hydrogen-bond donors (Lipinski definition) is 1. The zero-order chi connectivity index (χ0) is 9.52. The molecule has 0 aromatic carbocycles. The molecular weight excluding hydrogens is 162 g/mol. The molecule has 70 valence electrons. The van der Waals surface area contributed by atoms with E-state index < -0.39 is 0 Å². The van der Waals surface area contributed by atoms with Gasteiger partial charge in [0.15, 0.2) is 0 Å². The maximum atomic E-state index is 8.85. The van der Waals surface area contributed by atoms with Gasteiger partial charge in [-0.2, -0.15) is 5.26 Å². The Hall–Kier alpha value is -1.03. The Bertz CT molecular complexity index is 223. The average molecular weight is 177 g/mol. The molecule has 1 saturated heterocycles. The van der Waals surface area contributed by atoms with E-state index in [1.807, 2.05) is 0 Å². The Morgan fingerprint density at radius 1 is 1.62 bits per heavy atom. The Kier molecular flexibility index (Phi) is 4.32. The third kappa shape index (κ3) is 3.06. The lowest BCUT2D eigenvalue weighted by atomic mass is 10.2. The second-order valence-electron chi connectivity index (χ2n) is 3.19. The molecular formula is C10H15N3. The zero-order valence-corrected chi connectivity index (χ0v) is 7.79. The van der Waals surface area contributed by atoms with Crippen molar-refractivity contribution < 1.29 is 0 Å². The number of hydrogen-bond acceptors (Lipinski definition) is 3. The fraction of sp³-hybridized carbons (Fsp3) is 0.700. The first kappa shape index (κ1) is 10.1. The smallest absolute Gasteiger partial charge is 0.110 e. The number of piperazine rings is 1. The van der Waals surface area contributed by atoms with Crippen molar-refractivity contribution >= 4 is 0 Å². The summed E-state index contributed by atoms with van der Waals surface area (Å²) < 4.78 is 0. The van der Waals surface area contributed by atoms with Gasteiger partial charge < -0.3 is 5.32 Å². The van der Waals surface area contributed by atoms with E-state index in [0.29, 0.717) is 0 Å². The van der Waals surface area contributed by atoms with Gasteiger partial charge in [0.2, 0.25) is 0 Å². The maximum absolute atomic E-state index is 8.85. The second-order valence-corrected chi connectivity index (χ2v) is 3.19. The standard InChI is InChI=1S/C10H15N3/c1-2-3-4-6-13-7-5-12-9-10(13)8-11/h1,10,12H,3-7,9H2. The van der Waals surface area contributed by atoms with Crippen molar-refractivity contribution in [1.29, 1.82) is 5.26 Å². The van der Waals surface area contributed by atoms with Gasteiger partial charge in [-0.25, -0.2) is 0 Å². The summed E-state index contributed by atoms with van der Waals surface area (Å²) in [5, 5.41) is 12.0. The Morgan fingerprint density at radius 2 is 2.46 bits per heavy atom. The summed E-state index contributed by atoms with van der Waals surface area (Å²) in [6.07, 6.45) is 6.97. The Balaban J connectivity index is 2.29. The van der Waals surface area contributed by atoms with Crippen molar-refractivity contribution in [2.75, 3.05) is 26.2 Å². The van der Waals surface area contributed by atoms with E-state index in [1.165, 1.54) is 0 Å². The normalized spacial score (nSPS) is 23.4. The van der Waals surface area contributed by atoms with Crippen molar-refractivity contribution in [3.05, 3.63) is 0 Å². The molecule has 1 unspecified atom stereocenters. The first-order valence-corrected chi connectivity index (χ1v) is 4.66. The molecule has 1 N–H and O–H groups in total. The van der Waals surface area contributed by atoms with Crippen LogP contribution in [-0.4, -0.2) is 37.1 Å². The van der Waals surface area contributed by atoms with Gasteiger partial charge in [0, 0.05) is 32.6 Å². The summed E-state index contributed by atoms with van der Waals surface area (Å²) in [5.41, 5.74) is 0. The van der Waals surface area contributed by atoms with Crippen LogP contribution < -0.4 is 5.32 Å². The highest BCUT2D eigenvalue weighted by Gasteiger charge is 2.20. The number of rotatable bonds is 3. The van der Waals surface area contributed by atoms with Gasteiger partial charge in [-0.3, -0.25) is 4.90 Å². The molecule has 0 aliphatic carbocycles. The predicted octanol–water partition coefficient (Wildman–Crippen LogP) is 0.197. The molecule has 1 rings (SSSR count). The fourth-order valence-corrected chi connectivity index (χ4v) is 1.53. The molecule has 3 nitrogen and oxygen atoms in total. The van der Waals surface area contributed by atoms with Crippen molar-refractivity contribution in [2.45, 2.75) is 18.9 Å². The zero-order valence-electron chi connectivity index (χ0n) is 7.79. The molecule has 0 saturated carbocycles. The number of nitriles is 1. The molecule has 0 bridgehead atoms. The van der Waals surface area contributed by atoms with Crippen molar-refractivity contribution in [3.63, 3.8) is 0 Å². The third-order valence-electron chi connectivity index (χ3n) is 2.27. The van der Waals surface area contributed by atoms with Gasteiger partial charge in [-0.15, -0.1) is 12.3 Å². The number of nitrogens with one attached hydrogen (secondary N) is 1. The van der Waals surface area contributed by atoms with Crippen LogP contribution in [-0.2, 0) is 0 Å². The first-order chi connectivity index (χ1) is 6.38. The molecule has 1 aliphatic rings. The molecule has 0 radical (unpaired) electrons. The lowest BCUT2D eigenvalue weighted by molar-refractivity contribution is 0.196. The molecule has 0 aromatic rings. The summed E-state index contributed by atoms with van der Waals surface area (Å²) in [6.45, 7) is 3.67. The molecule has 0 spiro atoms. The van der Waals surface area contributed by atoms with E-state index in [-0.39, 0.29) is 6.04 Å². The highest BCUT2D eigenvalue weighted by molar-refractivity contribution is 4.96. The molecule has 1 heterocycles. The van der Waals surface area contributed by atoms with Crippen LogP contribution in [0.5, 0.6) is 0 Å². The maximum Gasteiger partial charge on any atom is 0.110 e. The Labute approximate surface area is 79.7 Å². The summed E-state index contributed by atoms with van der Waals surface area (Å²) in [6, 6.07) is 2.33. The third-order valence-corrected chi connectivity index (χ3v) is 2.27. The monoisotopic (exact) mass is 177 g/mol. The van der Waals surface area contributed by atoms with Crippen LogP contribution in [0.2, 0.25) is 0 Å². The molecule has 13 heavy (non-hydrogen) atoms. The highest BCUT2D eigenvalue weighted by Crippen LogP contribution is 2.03. The molecule has 0 aromatic heterocycles. The van der Waals surface area contributed by atoms with E-state index in [4.69, 9.17) is 11.7 Å². The number of unbranched alkanes of at least 4 members (excludes halogenated alkanes) is 1. The summed E-state index contributed by atoms with van der Waals surface area (Å²) in [5.74, 6) is 2.61. The van der Waals surface area contributed by atoms with Crippen molar-refractivity contribution in [1.82, 2.24) is 10.2 Å². The van der Waals surface area contributed by atoms with Crippen LogP contribution in [0, 0.1) is 23.7 Å². The molecule has 1 aliphatic heterocycles. The molecule has 1 fully saturated rings. The lowest BCUT2D eigenvalue weighted by Gasteiger charge is -2.31. The highest BCUT2D eigenvalue weighted by atomic mass is 15.2. The number of nitrogens with zero attached hydrogens (tertiary/aromatic N) is 2. The quantitative estimate of drug-likeness (QED) is 0.494. The summed E-state index contributed by atoms with van der Waals surface area (Å²) >= 11 is 0. The van der Waals surface area contributed by atoms with Gasteiger partial charge in [-0.05, 0) is 6.42 Å². The summed E-state index contributed by atoms with van der Waals surface area (Å²) in [4.78, 5) is 2.20. The van der Waals surface area contributed by atoms with E-state index in [0.717, 1.165) is 39.0 Å². The summed E-state index contributed by atoms with van der Waals surface area (Å²) in [7, 11) is 0. The van der Waals surface area contributed by atoms with Gasteiger partial charge in [0.1, 0.15) is 6.04 Å². The van der Waals surface area contributed by atoms with Crippen LogP contribution >= 0.6 is 0 Å². The second kappa shape index (κ2) is 5.59. The topological polar surface area (TPSA) is 39.1 Å². The number of terminal acetylenes is 1. The largest absolute Gasteiger partial charge is 0.313 e. The van der Waals surface area contributed by atoms with Gasteiger partial charge >= 0.3 is 0 Å². The molecule has 0 amide bonds. The Morgan fingerprint density at radius 3 is 3.15 bits per heavy atom. The molecule has 1 atom stereocenters. The van der Waals surface area contributed by atoms with Crippen molar-refractivity contribution in [2.24, 2.45) is 0 Å². The van der Waals surface area contributed by atoms with Crippen molar-refractivity contribution in [3.8, 4) is 18.4 Å². The van der Waals surface area contributed by atoms with Crippen LogP contribution in [0.4, 0.5) is 0 Å². The minimum absolute atomic E-state index is 0.0338. The van der Waals surface area contributed by atoms with Crippen LogP contribution in [0.3, 0.4) is 0 Å². The van der Waals surface area contributed by atoms with E-state index >= 15 is 0 Å². The SMILES string of the molecule is C#CCCCN1CCNCC1C#N. The van der Waals surface area contributed by atoms with Gasteiger partial charge in [0.25, 0.3) is 0 Å². The van der Waals surface area contributed by atoms with Crippen LogP contribution in [0.15, 0.2) is 0 Å². The minimum Gasteiger partial charge on any atom is -0.313 e. The van der Waals surface area contributed by atoms with Gasteiger partial charge in [0.05, 0.1) is 6.07 Å².